The molecule has 16 heavy (non-hydrogen) atoms. The molecule has 0 atom stereocenters. The smallest absolute Gasteiger partial charge is 0.270 e. The molecule has 1 saturated heterocycles. The summed E-state index contributed by atoms with van der Waals surface area (Å²) in [7, 11) is 0. The lowest BCUT2D eigenvalue weighted by molar-refractivity contribution is 0.588. The minimum atomic E-state index is -0.108. The molecule has 1 fully saturated rings. The second-order valence-corrected chi connectivity index (χ2v) is 4.60. The quantitative estimate of drug-likeness (QED) is 0.718. The van der Waals surface area contributed by atoms with E-state index in [1.807, 2.05) is 0 Å². The average molecular weight is 237 g/mol. The molecule has 0 unspecified atom stereocenters. The number of fused-ring (bicyclic) bond motifs is 1. The van der Waals surface area contributed by atoms with Crippen molar-refractivity contribution in [2.75, 3.05) is 31.1 Å². The van der Waals surface area contributed by atoms with Gasteiger partial charge in [-0.25, -0.2) is 4.98 Å². The number of nitrogens with zero attached hydrogens (tertiary/aromatic N) is 3. The van der Waals surface area contributed by atoms with Gasteiger partial charge >= 0.3 is 0 Å². The van der Waals surface area contributed by atoms with E-state index in [2.05, 4.69) is 25.2 Å². The fraction of sp³-hybridized carbons (Fsp3) is 0.444. The molecule has 2 aromatic rings. The van der Waals surface area contributed by atoms with E-state index in [1.54, 1.807) is 0 Å². The van der Waals surface area contributed by atoms with Gasteiger partial charge in [0.25, 0.3) is 5.56 Å². The van der Waals surface area contributed by atoms with Gasteiger partial charge in [-0.3, -0.25) is 4.79 Å². The summed E-state index contributed by atoms with van der Waals surface area (Å²) in [6.45, 7) is 3.77. The molecule has 0 aliphatic carbocycles. The van der Waals surface area contributed by atoms with Crippen molar-refractivity contribution < 1.29 is 0 Å². The molecule has 3 heterocycles. The lowest BCUT2D eigenvalue weighted by Gasteiger charge is -2.26. The molecule has 84 valence electrons. The maximum absolute atomic E-state index is 11.5. The molecule has 0 spiro atoms. The normalized spacial score (nSPS) is 16.9. The first-order valence-electron chi connectivity index (χ1n) is 5.14. The van der Waals surface area contributed by atoms with Crippen LogP contribution in [0.25, 0.3) is 10.3 Å². The van der Waals surface area contributed by atoms with Crippen LogP contribution >= 0.6 is 11.3 Å². The first-order valence-corrected chi connectivity index (χ1v) is 5.96. The maximum atomic E-state index is 11.5. The van der Waals surface area contributed by atoms with Crippen LogP contribution in [0.2, 0.25) is 0 Å². The first-order chi connectivity index (χ1) is 7.84. The third-order valence-corrected chi connectivity index (χ3v) is 3.68. The van der Waals surface area contributed by atoms with Gasteiger partial charge in [0, 0.05) is 26.2 Å². The van der Waals surface area contributed by atoms with Crippen molar-refractivity contribution in [2.45, 2.75) is 0 Å². The molecule has 3 rings (SSSR count). The third-order valence-electron chi connectivity index (χ3n) is 2.57. The summed E-state index contributed by atoms with van der Waals surface area (Å²) in [4.78, 5) is 24.7. The molecule has 0 saturated carbocycles. The Morgan fingerprint density at radius 2 is 2.19 bits per heavy atom. The molecular formula is C9H11N5OS. The molecule has 0 radical (unpaired) electrons. The minimum absolute atomic E-state index is 0.108. The standard InChI is InChI=1S/C9H11N5OS/c15-8-6-7(11-5-12-8)13-9(16-6)14-3-1-10-2-4-14/h5,10H,1-4H2,(H,11,12,15). The molecule has 0 bridgehead atoms. The van der Waals surface area contributed by atoms with Crippen molar-refractivity contribution >= 4 is 26.8 Å². The van der Waals surface area contributed by atoms with Crippen LogP contribution < -0.4 is 15.8 Å². The van der Waals surface area contributed by atoms with Gasteiger partial charge < -0.3 is 15.2 Å². The van der Waals surface area contributed by atoms with Gasteiger partial charge in [-0.2, -0.15) is 4.98 Å². The zero-order chi connectivity index (χ0) is 11.0. The molecule has 7 heteroatoms. The van der Waals surface area contributed by atoms with E-state index in [0.717, 1.165) is 31.3 Å². The molecular weight excluding hydrogens is 226 g/mol. The number of anilines is 1. The predicted octanol–water partition coefficient (Wildman–Crippen LogP) is -0.211. The van der Waals surface area contributed by atoms with Crippen LogP contribution in [-0.4, -0.2) is 41.1 Å². The SMILES string of the molecule is O=c1[nH]cnc2nc(N3CCNCC3)sc12. The molecule has 0 amide bonds. The summed E-state index contributed by atoms with van der Waals surface area (Å²) < 4.78 is 0.607. The number of nitrogens with one attached hydrogen (secondary N) is 2. The first kappa shape index (κ1) is 9.73. The summed E-state index contributed by atoms with van der Waals surface area (Å²) in [5, 5.41) is 4.17. The largest absolute Gasteiger partial charge is 0.345 e. The maximum Gasteiger partial charge on any atom is 0.270 e. The molecule has 6 nitrogen and oxygen atoms in total. The Hall–Kier alpha value is -1.47. The summed E-state index contributed by atoms with van der Waals surface area (Å²) >= 11 is 1.41. The molecule has 2 N–H and O–H groups in total. The Morgan fingerprint density at radius 3 is 2.94 bits per heavy atom. The fourth-order valence-electron chi connectivity index (χ4n) is 1.75. The van der Waals surface area contributed by atoms with Crippen LogP contribution in [0.1, 0.15) is 0 Å². The van der Waals surface area contributed by atoms with Gasteiger partial charge in [-0.1, -0.05) is 11.3 Å². The van der Waals surface area contributed by atoms with Gasteiger partial charge in [0.1, 0.15) is 4.70 Å². The number of aromatic amines is 1. The third kappa shape index (κ3) is 1.57. The molecule has 2 aromatic heterocycles. The Balaban J connectivity index is 2.04. The van der Waals surface area contributed by atoms with Crippen LogP contribution in [0, 0.1) is 0 Å². The number of aromatic nitrogens is 3. The Labute approximate surface area is 95.3 Å². The van der Waals surface area contributed by atoms with E-state index in [1.165, 1.54) is 17.7 Å². The zero-order valence-corrected chi connectivity index (χ0v) is 9.38. The summed E-state index contributed by atoms with van der Waals surface area (Å²) in [6, 6.07) is 0. The topological polar surface area (TPSA) is 73.9 Å². The Bertz CT molecular complexity index is 556. The lowest BCUT2D eigenvalue weighted by Crippen LogP contribution is -2.43. The van der Waals surface area contributed by atoms with E-state index >= 15 is 0 Å². The van der Waals surface area contributed by atoms with Gasteiger partial charge in [-0.15, -0.1) is 0 Å². The van der Waals surface area contributed by atoms with E-state index in [9.17, 15) is 4.79 Å². The van der Waals surface area contributed by atoms with Gasteiger partial charge in [-0.05, 0) is 0 Å². The van der Waals surface area contributed by atoms with E-state index in [-0.39, 0.29) is 5.56 Å². The van der Waals surface area contributed by atoms with Crippen molar-refractivity contribution in [3.63, 3.8) is 0 Å². The van der Waals surface area contributed by atoms with Crippen molar-refractivity contribution in [3.05, 3.63) is 16.7 Å². The number of rotatable bonds is 1. The molecule has 1 aliphatic rings. The lowest BCUT2D eigenvalue weighted by atomic mass is 10.4. The highest BCUT2D eigenvalue weighted by Crippen LogP contribution is 2.24. The monoisotopic (exact) mass is 237 g/mol. The number of thiazole rings is 1. The number of H-pyrrole nitrogens is 1. The van der Waals surface area contributed by atoms with Gasteiger partial charge in [0.2, 0.25) is 0 Å². The van der Waals surface area contributed by atoms with Crippen molar-refractivity contribution in [2.24, 2.45) is 0 Å². The van der Waals surface area contributed by atoms with Crippen molar-refractivity contribution in [1.29, 1.82) is 0 Å². The predicted molar refractivity (Wildman–Crippen MR) is 63.1 cm³/mol. The van der Waals surface area contributed by atoms with Gasteiger partial charge in [0.15, 0.2) is 10.8 Å². The van der Waals surface area contributed by atoms with Crippen molar-refractivity contribution in [1.82, 2.24) is 20.3 Å². The summed E-state index contributed by atoms with van der Waals surface area (Å²) in [6.07, 6.45) is 1.39. The summed E-state index contributed by atoms with van der Waals surface area (Å²) in [5.41, 5.74) is 0.436. The zero-order valence-electron chi connectivity index (χ0n) is 8.56. The highest BCUT2D eigenvalue weighted by atomic mass is 32.1. The second kappa shape index (κ2) is 3.84. The van der Waals surface area contributed by atoms with Crippen LogP contribution in [0.3, 0.4) is 0 Å². The Morgan fingerprint density at radius 1 is 1.38 bits per heavy atom. The number of piperazine rings is 1. The van der Waals surface area contributed by atoms with Crippen LogP contribution in [0.15, 0.2) is 11.1 Å². The number of hydrogen-bond acceptors (Lipinski definition) is 6. The second-order valence-electron chi connectivity index (χ2n) is 3.62. The molecule has 1 aliphatic heterocycles. The van der Waals surface area contributed by atoms with Gasteiger partial charge in [0.05, 0.1) is 6.33 Å². The number of hydrogen-bond donors (Lipinski definition) is 2. The summed E-state index contributed by atoms with van der Waals surface area (Å²) in [5.74, 6) is 0. The van der Waals surface area contributed by atoms with E-state index in [0.29, 0.717) is 10.3 Å². The Kier molecular flexibility index (Phi) is 2.33. The van der Waals surface area contributed by atoms with Crippen LogP contribution in [-0.2, 0) is 0 Å². The minimum Gasteiger partial charge on any atom is -0.345 e. The highest BCUT2D eigenvalue weighted by molar-refractivity contribution is 7.22. The average Bonchev–Trinajstić information content (AvgIpc) is 2.76. The van der Waals surface area contributed by atoms with Crippen LogP contribution in [0.4, 0.5) is 5.13 Å². The van der Waals surface area contributed by atoms with E-state index in [4.69, 9.17) is 0 Å². The van der Waals surface area contributed by atoms with E-state index < -0.39 is 0 Å². The van der Waals surface area contributed by atoms with Crippen molar-refractivity contribution in [3.8, 4) is 0 Å². The fourth-order valence-corrected chi connectivity index (χ4v) is 2.71. The van der Waals surface area contributed by atoms with Crippen LogP contribution in [0.5, 0.6) is 0 Å². The highest BCUT2D eigenvalue weighted by Gasteiger charge is 2.16. The molecule has 0 aromatic carbocycles.